The molecule has 1 aliphatic heterocycles. The summed E-state index contributed by atoms with van der Waals surface area (Å²) in [5.41, 5.74) is -0.426. The summed E-state index contributed by atoms with van der Waals surface area (Å²) >= 11 is 0. The molecule has 84 valence electrons. The van der Waals surface area contributed by atoms with Gasteiger partial charge in [-0.05, 0) is 19.3 Å². The number of nitrogens with one attached hydrogen (secondary N) is 1. The lowest BCUT2D eigenvalue weighted by Crippen LogP contribution is -2.45. The molecule has 1 fully saturated rings. The maximum absolute atomic E-state index is 10.1. The first-order valence-corrected chi connectivity index (χ1v) is 5.85. The van der Waals surface area contributed by atoms with Gasteiger partial charge in [0.15, 0.2) is 0 Å². The molecule has 0 aliphatic carbocycles. The lowest BCUT2D eigenvalue weighted by atomic mass is 9.93. The van der Waals surface area contributed by atoms with E-state index in [1.165, 1.54) is 0 Å². The second kappa shape index (κ2) is 5.69. The summed E-state index contributed by atoms with van der Waals surface area (Å²) in [6, 6.07) is 0. The first kappa shape index (κ1) is 12.0. The van der Waals surface area contributed by atoms with Crippen LogP contribution in [0.3, 0.4) is 0 Å². The molecular weight excluding hydrogens is 176 g/mol. The van der Waals surface area contributed by atoms with Crippen LogP contribution in [0.15, 0.2) is 0 Å². The molecule has 1 heterocycles. The minimum atomic E-state index is -0.426. The Kier molecular flexibility index (Phi) is 4.85. The number of aliphatic hydroxyl groups is 1. The van der Waals surface area contributed by atoms with E-state index in [0.29, 0.717) is 0 Å². The van der Waals surface area contributed by atoms with Crippen LogP contribution in [0.4, 0.5) is 0 Å². The standard InChI is InChI=1S/C11H24N2O/c1-3-11(14,4-2)5-8-13-9-6-12-7-10-13/h12,14H,3-10H2,1-2H3. The molecule has 3 heteroatoms. The Morgan fingerprint density at radius 2 is 1.79 bits per heavy atom. The molecule has 0 radical (unpaired) electrons. The van der Waals surface area contributed by atoms with Crippen molar-refractivity contribution in [2.75, 3.05) is 32.7 Å². The van der Waals surface area contributed by atoms with E-state index < -0.39 is 5.60 Å². The molecule has 0 bridgehead atoms. The summed E-state index contributed by atoms with van der Waals surface area (Å²) < 4.78 is 0. The van der Waals surface area contributed by atoms with E-state index in [1.807, 2.05) is 0 Å². The molecule has 0 spiro atoms. The summed E-state index contributed by atoms with van der Waals surface area (Å²) in [4.78, 5) is 2.44. The van der Waals surface area contributed by atoms with Gasteiger partial charge in [0.25, 0.3) is 0 Å². The molecule has 0 aromatic rings. The summed E-state index contributed by atoms with van der Waals surface area (Å²) in [6.45, 7) is 9.63. The van der Waals surface area contributed by atoms with Crippen molar-refractivity contribution in [3.63, 3.8) is 0 Å². The Balaban J connectivity index is 2.23. The van der Waals surface area contributed by atoms with Crippen molar-refractivity contribution in [2.45, 2.75) is 38.7 Å². The number of nitrogens with zero attached hydrogens (tertiary/aromatic N) is 1. The third kappa shape index (κ3) is 3.56. The molecule has 0 atom stereocenters. The fraction of sp³-hybridized carbons (Fsp3) is 1.00. The van der Waals surface area contributed by atoms with E-state index >= 15 is 0 Å². The third-order valence-electron chi connectivity index (χ3n) is 3.42. The first-order chi connectivity index (χ1) is 6.70. The highest BCUT2D eigenvalue weighted by Crippen LogP contribution is 2.19. The van der Waals surface area contributed by atoms with Crippen LogP contribution in [-0.2, 0) is 0 Å². The quantitative estimate of drug-likeness (QED) is 0.690. The fourth-order valence-corrected chi connectivity index (χ4v) is 1.90. The average Bonchev–Trinajstić information content (AvgIpc) is 2.27. The summed E-state index contributed by atoms with van der Waals surface area (Å²) in [7, 11) is 0. The molecule has 1 rings (SSSR count). The lowest BCUT2D eigenvalue weighted by Gasteiger charge is -2.32. The first-order valence-electron chi connectivity index (χ1n) is 5.85. The molecule has 0 aromatic heterocycles. The predicted molar refractivity (Wildman–Crippen MR) is 59.5 cm³/mol. The number of piperazine rings is 1. The van der Waals surface area contributed by atoms with Crippen molar-refractivity contribution < 1.29 is 5.11 Å². The zero-order valence-corrected chi connectivity index (χ0v) is 9.55. The smallest absolute Gasteiger partial charge is 0.0654 e. The zero-order valence-electron chi connectivity index (χ0n) is 9.55. The van der Waals surface area contributed by atoms with Crippen LogP contribution in [0, 0.1) is 0 Å². The van der Waals surface area contributed by atoms with Gasteiger partial charge in [0.2, 0.25) is 0 Å². The molecule has 3 nitrogen and oxygen atoms in total. The second-order valence-corrected chi connectivity index (χ2v) is 4.27. The monoisotopic (exact) mass is 200 g/mol. The van der Waals surface area contributed by atoms with E-state index in [4.69, 9.17) is 0 Å². The molecule has 0 aromatic carbocycles. The topological polar surface area (TPSA) is 35.5 Å². The van der Waals surface area contributed by atoms with Gasteiger partial charge in [-0.2, -0.15) is 0 Å². The van der Waals surface area contributed by atoms with E-state index in [-0.39, 0.29) is 0 Å². The van der Waals surface area contributed by atoms with Crippen LogP contribution in [0.5, 0.6) is 0 Å². The van der Waals surface area contributed by atoms with Crippen LogP contribution in [0.25, 0.3) is 0 Å². The molecule has 2 N–H and O–H groups in total. The van der Waals surface area contributed by atoms with Crippen LogP contribution in [0.2, 0.25) is 0 Å². The van der Waals surface area contributed by atoms with Gasteiger partial charge in [-0.15, -0.1) is 0 Å². The zero-order chi connectivity index (χ0) is 10.4. The van der Waals surface area contributed by atoms with E-state index in [1.54, 1.807) is 0 Å². The third-order valence-corrected chi connectivity index (χ3v) is 3.42. The highest BCUT2D eigenvalue weighted by atomic mass is 16.3. The maximum atomic E-state index is 10.1. The second-order valence-electron chi connectivity index (χ2n) is 4.27. The van der Waals surface area contributed by atoms with Crippen molar-refractivity contribution in [3.8, 4) is 0 Å². The van der Waals surface area contributed by atoms with Crippen molar-refractivity contribution in [3.05, 3.63) is 0 Å². The van der Waals surface area contributed by atoms with Gasteiger partial charge in [0.05, 0.1) is 5.60 Å². The van der Waals surface area contributed by atoms with Crippen molar-refractivity contribution >= 4 is 0 Å². The Bertz CT molecular complexity index is 151. The van der Waals surface area contributed by atoms with Gasteiger partial charge < -0.3 is 15.3 Å². The SMILES string of the molecule is CCC(O)(CC)CCN1CCNCC1. The number of hydrogen-bond donors (Lipinski definition) is 2. The summed E-state index contributed by atoms with van der Waals surface area (Å²) in [5.74, 6) is 0. The maximum Gasteiger partial charge on any atom is 0.0654 e. The predicted octanol–water partition coefficient (Wildman–Crippen LogP) is 0.833. The van der Waals surface area contributed by atoms with Crippen molar-refractivity contribution in [1.29, 1.82) is 0 Å². The van der Waals surface area contributed by atoms with E-state index in [9.17, 15) is 5.11 Å². The van der Waals surface area contributed by atoms with E-state index in [2.05, 4.69) is 24.1 Å². The van der Waals surface area contributed by atoms with Crippen molar-refractivity contribution in [1.82, 2.24) is 10.2 Å². The van der Waals surface area contributed by atoms with Crippen LogP contribution in [0.1, 0.15) is 33.1 Å². The van der Waals surface area contributed by atoms with Crippen LogP contribution < -0.4 is 5.32 Å². The van der Waals surface area contributed by atoms with Gasteiger partial charge in [0, 0.05) is 32.7 Å². The summed E-state index contributed by atoms with van der Waals surface area (Å²) in [5, 5.41) is 13.5. The molecule has 1 aliphatic rings. The molecular formula is C11H24N2O. The van der Waals surface area contributed by atoms with Gasteiger partial charge in [-0.1, -0.05) is 13.8 Å². The molecule has 0 unspecified atom stereocenters. The fourth-order valence-electron chi connectivity index (χ4n) is 1.90. The van der Waals surface area contributed by atoms with Crippen LogP contribution in [-0.4, -0.2) is 48.3 Å². The average molecular weight is 200 g/mol. The molecule has 14 heavy (non-hydrogen) atoms. The highest BCUT2D eigenvalue weighted by Gasteiger charge is 2.23. The number of hydrogen-bond acceptors (Lipinski definition) is 3. The Labute approximate surface area is 87.5 Å². The van der Waals surface area contributed by atoms with Gasteiger partial charge in [-0.25, -0.2) is 0 Å². The minimum absolute atomic E-state index is 0.426. The highest BCUT2D eigenvalue weighted by molar-refractivity contribution is 4.78. The van der Waals surface area contributed by atoms with E-state index in [0.717, 1.165) is 52.0 Å². The Morgan fingerprint density at radius 3 is 2.29 bits per heavy atom. The van der Waals surface area contributed by atoms with Crippen LogP contribution >= 0.6 is 0 Å². The molecule has 1 saturated heterocycles. The normalized spacial score (nSPS) is 19.9. The van der Waals surface area contributed by atoms with Gasteiger partial charge in [0.1, 0.15) is 0 Å². The number of rotatable bonds is 5. The molecule has 0 saturated carbocycles. The summed E-state index contributed by atoms with van der Waals surface area (Å²) in [6.07, 6.45) is 2.66. The van der Waals surface area contributed by atoms with Gasteiger partial charge in [-0.3, -0.25) is 0 Å². The van der Waals surface area contributed by atoms with Crippen molar-refractivity contribution in [2.24, 2.45) is 0 Å². The lowest BCUT2D eigenvalue weighted by molar-refractivity contribution is 0.0130. The Hall–Kier alpha value is -0.120. The van der Waals surface area contributed by atoms with Gasteiger partial charge >= 0.3 is 0 Å². The minimum Gasteiger partial charge on any atom is -0.390 e. The Morgan fingerprint density at radius 1 is 1.21 bits per heavy atom. The molecule has 0 amide bonds. The largest absolute Gasteiger partial charge is 0.390 e.